The van der Waals surface area contributed by atoms with Crippen molar-refractivity contribution in [1.82, 2.24) is 9.88 Å². The van der Waals surface area contributed by atoms with Crippen LogP contribution in [0, 0.1) is 0 Å². The third-order valence-electron chi connectivity index (χ3n) is 2.99. The maximum Gasteiger partial charge on any atom is 0.133 e. The molecule has 18 heavy (non-hydrogen) atoms. The first-order chi connectivity index (χ1) is 8.81. The summed E-state index contributed by atoms with van der Waals surface area (Å²) in [5.41, 5.74) is 1.18. The van der Waals surface area contributed by atoms with Gasteiger partial charge in [-0.1, -0.05) is 6.07 Å². The molecule has 0 amide bonds. The summed E-state index contributed by atoms with van der Waals surface area (Å²) in [7, 11) is 0. The maximum absolute atomic E-state index is 5.55. The molecule has 2 aromatic heterocycles. The molecule has 3 heterocycles. The zero-order valence-electron chi connectivity index (χ0n) is 10.3. The molecule has 1 fully saturated rings. The summed E-state index contributed by atoms with van der Waals surface area (Å²) < 4.78 is 5.55. The standard InChI is InChI=1S/C13H16N2OS2/c1-10-7-15(4-5-16-10)8-11-9-18-13(14-11)12-3-2-6-17-12/h2-3,6,9-10H,4-5,7-8H2,1H3/t10-/m1/s1. The van der Waals surface area contributed by atoms with Gasteiger partial charge < -0.3 is 4.74 Å². The number of ether oxygens (including phenoxy) is 1. The second-order valence-electron chi connectivity index (χ2n) is 4.54. The van der Waals surface area contributed by atoms with Crippen molar-refractivity contribution in [2.75, 3.05) is 19.7 Å². The third-order valence-corrected chi connectivity index (χ3v) is 4.92. The van der Waals surface area contributed by atoms with Gasteiger partial charge in [-0.25, -0.2) is 4.98 Å². The number of nitrogens with zero attached hydrogens (tertiary/aromatic N) is 2. The van der Waals surface area contributed by atoms with Crippen LogP contribution in [-0.4, -0.2) is 35.7 Å². The van der Waals surface area contributed by atoms with Crippen molar-refractivity contribution in [2.24, 2.45) is 0 Å². The molecule has 0 spiro atoms. The molecular weight excluding hydrogens is 264 g/mol. The molecule has 3 rings (SSSR count). The molecule has 0 saturated carbocycles. The normalized spacial score (nSPS) is 21.3. The fourth-order valence-corrected chi connectivity index (χ4v) is 3.78. The zero-order valence-corrected chi connectivity index (χ0v) is 12.0. The quantitative estimate of drug-likeness (QED) is 0.864. The predicted octanol–water partition coefficient (Wildman–Crippen LogP) is 3.09. The molecule has 96 valence electrons. The summed E-state index contributed by atoms with van der Waals surface area (Å²) in [6.07, 6.45) is 0.342. The smallest absolute Gasteiger partial charge is 0.133 e. The summed E-state index contributed by atoms with van der Waals surface area (Å²) in [6.45, 7) is 5.92. The predicted molar refractivity (Wildman–Crippen MR) is 76.1 cm³/mol. The Morgan fingerprint density at radius 3 is 3.22 bits per heavy atom. The lowest BCUT2D eigenvalue weighted by Gasteiger charge is -2.30. The van der Waals surface area contributed by atoms with E-state index in [0.29, 0.717) is 6.10 Å². The third kappa shape index (κ3) is 2.80. The van der Waals surface area contributed by atoms with E-state index in [0.717, 1.165) is 31.2 Å². The van der Waals surface area contributed by atoms with Gasteiger partial charge >= 0.3 is 0 Å². The molecule has 3 nitrogen and oxygen atoms in total. The lowest BCUT2D eigenvalue weighted by atomic mass is 10.3. The van der Waals surface area contributed by atoms with Crippen LogP contribution in [0.4, 0.5) is 0 Å². The molecule has 0 radical (unpaired) electrons. The van der Waals surface area contributed by atoms with Gasteiger partial charge in [0.15, 0.2) is 0 Å². The van der Waals surface area contributed by atoms with Crippen LogP contribution in [0.25, 0.3) is 9.88 Å². The van der Waals surface area contributed by atoms with E-state index in [2.05, 4.69) is 34.7 Å². The van der Waals surface area contributed by atoms with Gasteiger partial charge in [-0.05, 0) is 18.4 Å². The number of thiophene rings is 1. The van der Waals surface area contributed by atoms with Crippen LogP contribution in [0.2, 0.25) is 0 Å². The van der Waals surface area contributed by atoms with Crippen molar-refractivity contribution < 1.29 is 4.74 Å². The Labute approximate surface area is 115 Å². The highest BCUT2D eigenvalue weighted by Crippen LogP contribution is 2.28. The van der Waals surface area contributed by atoms with E-state index in [1.54, 1.807) is 22.7 Å². The van der Waals surface area contributed by atoms with Gasteiger partial charge in [0, 0.05) is 25.0 Å². The molecule has 0 bridgehead atoms. The van der Waals surface area contributed by atoms with Crippen molar-refractivity contribution in [3.63, 3.8) is 0 Å². The van der Waals surface area contributed by atoms with Gasteiger partial charge in [0.1, 0.15) is 5.01 Å². The summed E-state index contributed by atoms with van der Waals surface area (Å²) >= 11 is 3.49. The monoisotopic (exact) mass is 280 g/mol. The van der Waals surface area contributed by atoms with Crippen LogP contribution in [0.3, 0.4) is 0 Å². The number of aromatic nitrogens is 1. The zero-order chi connectivity index (χ0) is 12.4. The first-order valence-electron chi connectivity index (χ1n) is 6.13. The first kappa shape index (κ1) is 12.3. The fraction of sp³-hybridized carbons (Fsp3) is 0.462. The highest BCUT2D eigenvalue weighted by atomic mass is 32.1. The van der Waals surface area contributed by atoms with Crippen molar-refractivity contribution in [3.05, 3.63) is 28.6 Å². The van der Waals surface area contributed by atoms with Crippen molar-refractivity contribution in [2.45, 2.75) is 19.6 Å². The van der Waals surface area contributed by atoms with E-state index >= 15 is 0 Å². The minimum absolute atomic E-state index is 0.342. The highest BCUT2D eigenvalue weighted by molar-refractivity contribution is 7.20. The molecule has 5 heteroatoms. The number of morpholine rings is 1. The Hall–Kier alpha value is -0.750. The highest BCUT2D eigenvalue weighted by Gasteiger charge is 2.17. The lowest BCUT2D eigenvalue weighted by Crippen LogP contribution is -2.40. The molecule has 0 aliphatic carbocycles. The Morgan fingerprint density at radius 1 is 1.50 bits per heavy atom. The summed E-state index contributed by atoms with van der Waals surface area (Å²) in [5.74, 6) is 0. The van der Waals surface area contributed by atoms with Gasteiger partial charge in [-0.3, -0.25) is 4.90 Å². The molecule has 0 unspecified atom stereocenters. The average molecular weight is 280 g/mol. The number of hydrogen-bond acceptors (Lipinski definition) is 5. The number of thiazole rings is 1. The Bertz CT molecular complexity index is 495. The molecule has 0 aromatic carbocycles. The second-order valence-corrected chi connectivity index (χ2v) is 6.34. The van der Waals surface area contributed by atoms with E-state index in [1.165, 1.54) is 10.6 Å². The number of hydrogen-bond donors (Lipinski definition) is 0. The van der Waals surface area contributed by atoms with Crippen LogP contribution < -0.4 is 0 Å². The van der Waals surface area contributed by atoms with Crippen LogP contribution >= 0.6 is 22.7 Å². The van der Waals surface area contributed by atoms with Gasteiger partial charge in [-0.15, -0.1) is 22.7 Å². The van der Waals surface area contributed by atoms with Crippen LogP contribution in [0.15, 0.2) is 22.9 Å². The molecular formula is C13H16N2OS2. The minimum Gasteiger partial charge on any atom is -0.376 e. The Balaban J connectivity index is 1.66. The fourth-order valence-electron chi connectivity index (χ4n) is 2.16. The van der Waals surface area contributed by atoms with E-state index in [9.17, 15) is 0 Å². The van der Waals surface area contributed by atoms with Crippen molar-refractivity contribution >= 4 is 22.7 Å². The number of rotatable bonds is 3. The van der Waals surface area contributed by atoms with E-state index in [4.69, 9.17) is 9.72 Å². The van der Waals surface area contributed by atoms with E-state index < -0.39 is 0 Å². The molecule has 1 saturated heterocycles. The van der Waals surface area contributed by atoms with Crippen LogP contribution in [-0.2, 0) is 11.3 Å². The van der Waals surface area contributed by atoms with Crippen LogP contribution in [0.1, 0.15) is 12.6 Å². The van der Waals surface area contributed by atoms with E-state index in [-0.39, 0.29) is 0 Å². The summed E-state index contributed by atoms with van der Waals surface area (Å²) in [5, 5.41) is 5.41. The molecule has 0 N–H and O–H groups in total. The van der Waals surface area contributed by atoms with Gasteiger partial charge in [0.2, 0.25) is 0 Å². The molecule has 1 atom stereocenters. The Kier molecular flexibility index (Phi) is 3.75. The SMILES string of the molecule is C[C@@H]1CN(Cc2csc(-c3cccs3)n2)CCO1. The van der Waals surface area contributed by atoms with Gasteiger partial charge in [0.25, 0.3) is 0 Å². The maximum atomic E-state index is 5.55. The molecule has 2 aromatic rings. The lowest BCUT2D eigenvalue weighted by molar-refractivity contribution is -0.0215. The minimum atomic E-state index is 0.342. The summed E-state index contributed by atoms with van der Waals surface area (Å²) in [6, 6.07) is 4.20. The van der Waals surface area contributed by atoms with Crippen molar-refractivity contribution in [3.8, 4) is 9.88 Å². The summed E-state index contributed by atoms with van der Waals surface area (Å²) in [4.78, 5) is 8.40. The van der Waals surface area contributed by atoms with Crippen molar-refractivity contribution in [1.29, 1.82) is 0 Å². The molecule has 1 aliphatic heterocycles. The average Bonchev–Trinajstić information content (AvgIpc) is 2.98. The topological polar surface area (TPSA) is 25.4 Å². The largest absolute Gasteiger partial charge is 0.376 e. The first-order valence-corrected chi connectivity index (χ1v) is 7.89. The molecule has 1 aliphatic rings. The second kappa shape index (κ2) is 5.48. The van der Waals surface area contributed by atoms with E-state index in [1.807, 2.05) is 0 Å². The van der Waals surface area contributed by atoms with Crippen LogP contribution in [0.5, 0.6) is 0 Å². The van der Waals surface area contributed by atoms with Gasteiger partial charge in [-0.2, -0.15) is 0 Å². The van der Waals surface area contributed by atoms with Gasteiger partial charge in [0.05, 0.1) is 23.3 Å². The Morgan fingerprint density at radius 2 is 2.44 bits per heavy atom.